The summed E-state index contributed by atoms with van der Waals surface area (Å²) in [6.07, 6.45) is 6.53. The summed E-state index contributed by atoms with van der Waals surface area (Å²) < 4.78 is 10.6. The molecule has 4 nitrogen and oxygen atoms in total. The average molecular weight is 312 g/mol. The molecular formula is C18H32O4. The Bertz CT molecular complexity index is 358. The molecule has 0 saturated carbocycles. The summed E-state index contributed by atoms with van der Waals surface area (Å²) in [5.41, 5.74) is 0.980. The highest BCUT2D eigenvalue weighted by Gasteiger charge is 2.21. The molecule has 0 spiro atoms. The topological polar surface area (TPSA) is 52.6 Å². The minimum absolute atomic E-state index is 0.355. The van der Waals surface area contributed by atoms with Crippen LogP contribution in [0.3, 0.4) is 0 Å². The number of rotatable bonds is 12. The first-order chi connectivity index (χ1) is 10.6. The molecule has 0 aliphatic carbocycles. The molecule has 0 saturated heterocycles. The fraction of sp³-hybridized carbons (Fsp3) is 0.778. The lowest BCUT2D eigenvalue weighted by Crippen LogP contribution is -2.17. The third-order valence-corrected chi connectivity index (χ3v) is 3.45. The molecule has 0 atom stereocenters. The van der Waals surface area contributed by atoms with Gasteiger partial charge in [-0.25, -0.2) is 9.59 Å². The summed E-state index contributed by atoms with van der Waals surface area (Å²) in [5.74, 6) is -0.722. The van der Waals surface area contributed by atoms with Crippen molar-refractivity contribution in [2.45, 2.75) is 79.1 Å². The van der Waals surface area contributed by atoms with E-state index in [1.807, 2.05) is 20.8 Å². The van der Waals surface area contributed by atoms with Gasteiger partial charge in [0.25, 0.3) is 0 Å². The third kappa shape index (κ3) is 8.20. The Kier molecular flexibility index (Phi) is 12.5. The van der Waals surface area contributed by atoms with Gasteiger partial charge in [0.1, 0.15) is 0 Å². The van der Waals surface area contributed by atoms with Gasteiger partial charge in [0.05, 0.1) is 13.2 Å². The molecule has 0 aliphatic heterocycles. The van der Waals surface area contributed by atoms with Crippen molar-refractivity contribution in [3.63, 3.8) is 0 Å². The molecule has 0 aromatic rings. The summed E-state index contributed by atoms with van der Waals surface area (Å²) in [4.78, 5) is 24.5. The fourth-order valence-corrected chi connectivity index (χ4v) is 2.00. The van der Waals surface area contributed by atoms with E-state index in [1.165, 1.54) is 0 Å². The van der Waals surface area contributed by atoms with Crippen LogP contribution in [-0.2, 0) is 19.1 Å². The quantitative estimate of drug-likeness (QED) is 0.301. The van der Waals surface area contributed by atoms with Crippen LogP contribution in [-0.4, -0.2) is 25.2 Å². The Morgan fingerprint density at radius 3 is 1.55 bits per heavy atom. The van der Waals surface area contributed by atoms with Crippen LogP contribution in [0.1, 0.15) is 79.1 Å². The molecule has 0 N–H and O–H groups in total. The molecule has 0 amide bonds. The number of hydrogen-bond donors (Lipinski definition) is 0. The lowest BCUT2D eigenvalue weighted by Gasteiger charge is -2.13. The van der Waals surface area contributed by atoms with Crippen LogP contribution in [0.15, 0.2) is 11.1 Å². The molecule has 0 aromatic carbocycles. The van der Waals surface area contributed by atoms with E-state index in [-0.39, 0.29) is 11.9 Å². The zero-order chi connectivity index (χ0) is 16.8. The summed E-state index contributed by atoms with van der Waals surface area (Å²) in [6.45, 7) is 8.84. The van der Waals surface area contributed by atoms with Gasteiger partial charge >= 0.3 is 11.9 Å². The molecule has 0 rings (SSSR count). The first-order valence-electron chi connectivity index (χ1n) is 8.68. The minimum Gasteiger partial charge on any atom is -0.462 e. The molecule has 0 heterocycles. The van der Waals surface area contributed by atoms with Gasteiger partial charge in [-0.3, -0.25) is 0 Å². The normalized spacial score (nSPS) is 11.8. The number of esters is 2. The van der Waals surface area contributed by atoms with E-state index in [0.29, 0.717) is 37.2 Å². The van der Waals surface area contributed by atoms with Crippen molar-refractivity contribution in [3.05, 3.63) is 11.1 Å². The van der Waals surface area contributed by atoms with Crippen molar-refractivity contribution in [2.75, 3.05) is 13.2 Å². The van der Waals surface area contributed by atoms with Gasteiger partial charge < -0.3 is 9.47 Å². The number of unbranched alkanes of at least 4 members (excludes halogenated alkanes) is 3. The Morgan fingerprint density at radius 1 is 0.682 bits per heavy atom. The summed E-state index contributed by atoms with van der Waals surface area (Å²) in [5, 5.41) is 0. The monoisotopic (exact) mass is 312 g/mol. The van der Waals surface area contributed by atoms with E-state index in [0.717, 1.165) is 38.5 Å². The van der Waals surface area contributed by atoms with Crippen molar-refractivity contribution >= 4 is 11.9 Å². The fourth-order valence-electron chi connectivity index (χ4n) is 2.00. The van der Waals surface area contributed by atoms with E-state index in [9.17, 15) is 9.59 Å². The lowest BCUT2D eigenvalue weighted by atomic mass is 10.0. The summed E-state index contributed by atoms with van der Waals surface area (Å²) in [6, 6.07) is 0. The standard InChI is InChI=1S/C18H32O4/c1-5-9-12-16(18(20)22-14-11-7-3)15(8-4)17(19)21-13-10-6-2/h5-14H2,1-4H3. The zero-order valence-corrected chi connectivity index (χ0v) is 14.7. The second-order valence-electron chi connectivity index (χ2n) is 5.39. The number of carbonyl (C=O) groups is 2. The maximum atomic E-state index is 12.3. The maximum Gasteiger partial charge on any atom is 0.334 e. The van der Waals surface area contributed by atoms with Crippen LogP contribution >= 0.6 is 0 Å². The van der Waals surface area contributed by atoms with Gasteiger partial charge in [-0.15, -0.1) is 0 Å². The molecule has 0 radical (unpaired) electrons. The molecule has 22 heavy (non-hydrogen) atoms. The van der Waals surface area contributed by atoms with Crippen LogP contribution < -0.4 is 0 Å². The summed E-state index contributed by atoms with van der Waals surface area (Å²) >= 11 is 0. The highest BCUT2D eigenvalue weighted by atomic mass is 16.5. The molecule has 0 fully saturated rings. The van der Waals surface area contributed by atoms with E-state index in [2.05, 4.69) is 6.92 Å². The third-order valence-electron chi connectivity index (χ3n) is 3.45. The molecular weight excluding hydrogens is 280 g/mol. The highest BCUT2D eigenvalue weighted by molar-refractivity contribution is 6.00. The molecule has 0 unspecified atom stereocenters. The average Bonchev–Trinajstić information content (AvgIpc) is 2.51. The number of hydrogen-bond acceptors (Lipinski definition) is 4. The molecule has 4 heteroatoms. The number of ether oxygens (including phenoxy) is 2. The van der Waals surface area contributed by atoms with E-state index in [4.69, 9.17) is 9.47 Å². The van der Waals surface area contributed by atoms with Gasteiger partial charge in [0.2, 0.25) is 0 Å². The van der Waals surface area contributed by atoms with Gasteiger partial charge in [0.15, 0.2) is 0 Å². The SMILES string of the molecule is CCCCOC(=O)C(CC)=C(CCCC)C(=O)OCCCC. The molecule has 128 valence electrons. The van der Waals surface area contributed by atoms with E-state index >= 15 is 0 Å². The Balaban J connectivity index is 5.00. The summed E-state index contributed by atoms with van der Waals surface area (Å²) in [7, 11) is 0. The second kappa shape index (κ2) is 13.4. The molecule has 0 bridgehead atoms. The van der Waals surface area contributed by atoms with E-state index in [1.54, 1.807) is 0 Å². The Morgan fingerprint density at radius 2 is 1.14 bits per heavy atom. The zero-order valence-electron chi connectivity index (χ0n) is 14.7. The van der Waals surface area contributed by atoms with Crippen LogP contribution in [0.4, 0.5) is 0 Å². The second-order valence-corrected chi connectivity index (χ2v) is 5.39. The van der Waals surface area contributed by atoms with Crippen LogP contribution in [0.25, 0.3) is 0 Å². The smallest absolute Gasteiger partial charge is 0.334 e. The first kappa shape index (κ1) is 20.7. The van der Waals surface area contributed by atoms with Gasteiger partial charge in [-0.1, -0.05) is 47.0 Å². The van der Waals surface area contributed by atoms with Crippen LogP contribution in [0, 0.1) is 0 Å². The van der Waals surface area contributed by atoms with Crippen LogP contribution in [0.2, 0.25) is 0 Å². The Labute approximate surface area is 135 Å². The lowest BCUT2D eigenvalue weighted by molar-refractivity contribution is -0.142. The Hall–Kier alpha value is -1.32. The maximum absolute atomic E-state index is 12.3. The molecule has 0 aromatic heterocycles. The van der Waals surface area contributed by atoms with Crippen molar-refractivity contribution in [1.29, 1.82) is 0 Å². The minimum atomic E-state index is -0.366. The van der Waals surface area contributed by atoms with Crippen molar-refractivity contribution in [2.24, 2.45) is 0 Å². The van der Waals surface area contributed by atoms with Crippen molar-refractivity contribution < 1.29 is 19.1 Å². The first-order valence-corrected chi connectivity index (χ1v) is 8.68. The highest BCUT2D eigenvalue weighted by Crippen LogP contribution is 2.19. The van der Waals surface area contributed by atoms with Crippen molar-refractivity contribution in [3.8, 4) is 0 Å². The van der Waals surface area contributed by atoms with E-state index < -0.39 is 0 Å². The van der Waals surface area contributed by atoms with Gasteiger partial charge in [-0.2, -0.15) is 0 Å². The van der Waals surface area contributed by atoms with Gasteiger partial charge in [0, 0.05) is 11.1 Å². The van der Waals surface area contributed by atoms with Gasteiger partial charge in [-0.05, 0) is 32.1 Å². The largest absolute Gasteiger partial charge is 0.462 e. The van der Waals surface area contributed by atoms with Crippen LogP contribution in [0.5, 0.6) is 0 Å². The predicted octanol–water partition coefficient (Wildman–Crippen LogP) is 4.57. The van der Waals surface area contributed by atoms with Crippen molar-refractivity contribution in [1.82, 2.24) is 0 Å². The predicted molar refractivity (Wildman–Crippen MR) is 88.6 cm³/mol. The number of carbonyl (C=O) groups excluding carboxylic acids is 2. The molecule has 0 aliphatic rings.